The number of anilines is 1. The van der Waals surface area contributed by atoms with Crippen molar-refractivity contribution in [2.45, 2.75) is 32.6 Å². The topological polar surface area (TPSA) is 55.1 Å². The van der Waals surface area contributed by atoms with Crippen LogP contribution in [0.25, 0.3) is 15.9 Å². The second-order valence-electron chi connectivity index (χ2n) is 7.13. The molecule has 5 nitrogen and oxygen atoms in total. The molecular formula is C20H21N5S. The third-order valence-corrected chi connectivity index (χ3v) is 6.34. The van der Waals surface area contributed by atoms with Gasteiger partial charge in [0.15, 0.2) is 0 Å². The number of fused-ring (bicyclic) bond motifs is 4. The molecule has 1 unspecified atom stereocenters. The van der Waals surface area contributed by atoms with E-state index in [0.29, 0.717) is 0 Å². The molecular weight excluding hydrogens is 342 g/mol. The van der Waals surface area contributed by atoms with E-state index in [1.165, 1.54) is 28.7 Å². The average Bonchev–Trinajstić information content (AvgIpc) is 3.22. The van der Waals surface area contributed by atoms with Crippen molar-refractivity contribution in [1.29, 1.82) is 0 Å². The van der Waals surface area contributed by atoms with E-state index in [1.54, 1.807) is 6.33 Å². The van der Waals surface area contributed by atoms with Crippen LogP contribution in [0.4, 0.5) is 5.82 Å². The van der Waals surface area contributed by atoms with E-state index < -0.39 is 0 Å². The first kappa shape index (κ1) is 15.8. The van der Waals surface area contributed by atoms with Crippen molar-refractivity contribution in [2.75, 3.05) is 11.9 Å². The SMILES string of the molecule is CC1CCc2c(sc3ncnc(NCCc4cn5ccccc5n4)c23)C1. The lowest BCUT2D eigenvalue weighted by atomic mass is 9.89. The fourth-order valence-corrected chi connectivity index (χ4v) is 5.18. The van der Waals surface area contributed by atoms with Crippen LogP contribution in [-0.2, 0) is 19.3 Å². The van der Waals surface area contributed by atoms with Gasteiger partial charge in [0.25, 0.3) is 0 Å². The summed E-state index contributed by atoms with van der Waals surface area (Å²) in [6.07, 6.45) is 10.3. The van der Waals surface area contributed by atoms with Crippen LogP contribution < -0.4 is 5.32 Å². The summed E-state index contributed by atoms with van der Waals surface area (Å²) in [6.45, 7) is 3.16. The number of aryl methyl sites for hydroxylation is 1. The summed E-state index contributed by atoms with van der Waals surface area (Å²) in [5.74, 6) is 1.75. The van der Waals surface area contributed by atoms with E-state index in [-0.39, 0.29) is 0 Å². The lowest BCUT2D eigenvalue weighted by Crippen LogP contribution is -2.10. The first-order valence-corrected chi connectivity index (χ1v) is 10.0. The predicted octanol–water partition coefficient (Wildman–Crippen LogP) is 4.12. The van der Waals surface area contributed by atoms with Gasteiger partial charge in [-0.15, -0.1) is 11.3 Å². The van der Waals surface area contributed by atoms with Crippen LogP contribution in [0.1, 0.15) is 29.5 Å². The molecule has 5 rings (SSSR count). The maximum Gasteiger partial charge on any atom is 0.138 e. The van der Waals surface area contributed by atoms with Crippen LogP contribution in [0.2, 0.25) is 0 Å². The second kappa shape index (κ2) is 6.36. The quantitative estimate of drug-likeness (QED) is 0.593. The van der Waals surface area contributed by atoms with E-state index >= 15 is 0 Å². The molecule has 1 N–H and O–H groups in total. The Morgan fingerprint density at radius 1 is 1.31 bits per heavy atom. The van der Waals surface area contributed by atoms with Gasteiger partial charge in [-0.3, -0.25) is 0 Å². The maximum absolute atomic E-state index is 4.67. The molecule has 1 atom stereocenters. The van der Waals surface area contributed by atoms with Gasteiger partial charge in [0.1, 0.15) is 22.6 Å². The standard InChI is InChI=1S/C20H21N5S/c1-13-5-6-15-16(10-13)26-20-18(15)19(22-12-23-20)21-8-7-14-11-25-9-3-2-4-17(25)24-14/h2-4,9,11-13H,5-8,10H2,1H3,(H,21,22,23). The van der Waals surface area contributed by atoms with Crippen molar-refractivity contribution in [3.8, 4) is 0 Å². The molecule has 4 aromatic heterocycles. The molecule has 132 valence electrons. The van der Waals surface area contributed by atoms with Gasteiger partial charge in [-0.2, -0.15) is 0 Å². The number of nitrogens with zero attached hydrogens (tertiary/aromatic N) is 4. The highest BCUT2D eigenvalue weighted by Gasteiger charge is 2.22. The Balaban J connectivity index is 1.37. The lowest BCUT2D eigenvalue weighted by Gasteiger charge is -2.18. The van der Waals surface area contributed by atoms with Gasteiger partial charge in [-0.05, 0) is 42.9 Å². The summed E-state index contributed by atoms with van der Waals surface area (Å²) in [6, 6.07) is 6.07. The van der Waals surface area contributed by atoms with E-state index in [0.717, 1.165) is 47.3 Å². The van der Waals surface area contributed by atoms with E-state index in [1.807, 2.05) is 35.7 Å². The molecule has 0 saturated carbocycles. The number of aromatic nitrogens is 4. The first-order valence-electron chi connectivity index (χ1n) is 9.19. The van der Waals surface area contributed by atoms with Gasteiger partial charge >= 0.3 is 0 Å². The van der Waals surface area contributed by atoms with Crippen molar-refractivity contribution in [2.24, 2.45) is 5.92 Å². The molecule has 0 aromatic carbocycles. The lowest BCUT2D eigenvalue weighted by molar-refractivity contribution is 0.509. The van der Waals surface area contributed by atoms with Crippen molar-refractivity contribution >= 4 is 33.0 Å². The smallest absolute Gasteiger partial charge is 0.138 e. The summed E-state index contributed by atoms with van der Waals surface area (Å²) in [5.41, 5.74) is 3.56. The third kappa shape index (κ3) is 2.74. The highest BCUT2D eigenvalue weighted by Crippen LogP contribution is 2.39. The zero-order chi connectivity index (χ0) is 17.5. The van der Waals surface area contributed by atoms with E-state index in [4.69, 9.17) is 0 Å². The Hall–Kier alpha value is -2.47. The Morgan fingerprint density at radius 3 is 3.19 bits per heavy atom. The molecule has 4 aromatic rings. The van der Waals surface area contributed by atoms with Gasteiger partial charge in [0.2, 0.25) is 0 Å². The molecule has 6 heteroatoms. The summed E-state index contributed by atoms with van der Waals surface area (Å²) < 4.78 is 2.06. The molecule has 0 saturated heterocycles. The molecule has 0 bridgehead atoms. The summed E-state index contributed by atoms with van der Waals surface area (Å²) in [4.78, 5) is 16.3. The third-order valence-electron chi connectivity index (χ3n) is 5.18. The number of thiophene rings is 1. The molecule has 26 heavy (non-hydrogen) atoms. The van der Waals surface area contributed by atoms with Gasteiger partial charge in [0.05, 0.1) is 11.1 Å². The number of rotatable bonds is 4. The maximum atomic E-state index is 4.67. The van der Waals surface area contributed by atoms with Crippen molar-refractivity contribution < 1.29 is 0 Å². The Kier molecular flexibility index (Phi) is 3.85. The van der Waals surface area contributed by atoms with E-state index in [2.05, 4.69) is 37.8 Å². The largest absolute Gasteiger partial charge is 0.369 e. The minimum absolute atomic E-state index is 0.773. The minimum atomic E-state index is 0.773. The molecule has 4 heterocycles. The molecule has 0 radical (unpaired) electrons. The monoisotopic (exact) mass is 363 g/mol. The minimum Gasteiger partial charge on any atom is -0.369 e. The van der Waals surface area contributed by atoms with Gasteiger partial charge in [0, 0.05) is 30.2 Å². The molecule has 1 aliphatic carbocycles. The van der Waals surface area contributed by atoms with Crippen LogP contribution in [0.15, 0.2) is 36.9 Å². The Bertz CT molecular complexity index is 1050. The summed E-state index contributed by atoms with van der Waals surface area (Å²) in [7, 11) is 0. The summed E-state index contributed by atoms with van der Waals surface area (Å²) >= 11 is 1.84. The Morgan fingerprint density at radius 2 is 2.27 bits per heavy atom. The fraction of sp³-hybridized carbons (Fsp3) is 0.350. The normalized spacial score (nSPS) is 16.9. The molecule has 0 spiro atoms. The highest BCUT2D eigenvalue weighted by atomic mass is 32.1. The zero-order valence-electron chi connectivity index (χ0n) is 14.8. The predicted molar refractivity (Wildman–Crippen MR) is 106 cm³/mol. The number of pyridine rings is 1. The Labute approximate surface area is 156 Å². The molecule has 0 aliphatic heterocycles. The van der Waals surface area contributed by atoms with E-state index in [9.17, 15) is 0 Å². The summed E-state index contributed by atoms with van der Waals surface area (Å²) in [5, 5.41) is 4.78. The zero-order valence-corrected chi connectivity index (χ0v) is 15.6. The van der Waals surface area contributed by atoms with Gasteiger partial charge in [-0.1, -0.05) is 13.0 Å². The van der Waals surface area contributed by atoms with Gasteiger partial charge in [-0.25, -0.2) is 15.0 Å². The number of imidazole rings is 1. The van der Waals surface area contributed by atoms with Crippen LogP contribution in [0, 0.1) is 5.92 Å². The number of hydrogen-bond acceptors (Lipinski definition) is 5. The van der Waals surface area contributed by atoms with Crippen molar-refractivity contribution in [3.05, 3.63) is 53.1 Å². The van der Waals surface area contributed by atoms with Crippen LogP contribution in [0.3, 0.4) is 0 Å². The van der Waals surface area contributed by atoms with Crippen LogP contribution in [-0.4, -0.2) is 25.9 Å². The highest BCUT2D eigenvalue weighted by molar-refractivity contribution is 7.19. The van der Waals surface area contributed by atoms with Crippen molar-refractivity contribution in [1.82, 2.24) is 19.4 Å². The van der Waals surface area contributed by atoms with Crippen LogP contribution in [0.5, 0.6) is 0 Å². The van der Waals surface area contributed by atoms with Gasteiger partial charge < -0.3 is 9.72 Å². The molecule has 0 fully saturated rings. The van der Waals surface area contributed by atoms with Crippen LogP contribution >= 0.6 is 11.3 Å². The molecule has 0 amide bonds. The van der Waals surface area contributed by atoms with Crippen molar-refractivity contribution in [3.63, 3.8) is 0 Å². The first-order chi connectivity index (χ1) is 12.8. The number of hydrogen-bond donors (Lipinski definition) is 1. The molecule has 1 aliphatic rings. The fourth-order valence-electron chi connectivity index (χ4n) is 3.83. The second-order valence-corrected chi connectivity index (χ2v) is 8.21. The number of nitrogens with one attached hydrogen (secondary N) is 1. The average molecular weight is 363 g/mol.